The Balaban J connectivity index is 1.37. The molecule has 1 N–H and O–H groups in total. The molecule has 4 rings (SSSR count). The number of benzene rings is 2. The van der Waals surface area contributed by atoms with Gasteiger partial charge >= 0.3 is 0 Å². The third kappa shape index (κ3) is 6.18. The van der Waals surface area contributed by atoms with E-state index < -0.39 is 6.10 Å². The van der Waals surface area contributed by atoms with E-state index >= 15 is 0 Å². The first-order valence-electron chi connectivity index (χ1n) is 12.0. The fraction of sp³-hybridized carbons (Fsp3) is 0.519. The van der Waals surface area contributed by atoms with Crippen molar-refractivity contribution >= 4 is 5.91 Å². The highest BCUT2D eigenvalue weighted by Crippen LogP contribution is 2.26. The quantitative estimate of drug-likeness (QED) is 0.686. The van der Waals surface area contributed by atoms with Crippen molar-refractivity contribution in [3.63, 3.8) is 0 Å². The summed E-state index contributed by atoms with van der Waals surface area (Å²) in [6, 6.07) is 18.3. The average Bonchev–Trinajstić information content (AvgIpc) is 3.33. The summed E-state index contributed by atoms with van der Waals surface area (Å²) in [6.45, 7) is 5.49. The SMILES string of the molecule is Cc1ccc(C(=O)N(CC2CN(CC(O)Cc3ccccc3)CCO2)C2CCCC2)cc1. The minimum absolute atomic E-state index is 0.0253. The number of hydrogen-bond acceptors (Lipinski definition) is 4. The zero-order chi connectivity index (χ0) is 22.3. The molecule has 2 aromatic carbocycles. The number of aliphatic hydroxyl groups is 1. The van der Waals surface area contributed by atoms with Crippen LogP contribution in [0.4, 0.5) is 0 Å². The molecule has 2 unspecified atom stereocenters. The minimum Gasteiger partial charge on any atom is -0.391 e. The van der Waals surface area contributed by atoms with Crippen molar-refractivity contribution in [2.75, 3.05) is 32.8 Å². The Kier molecular flexibility index (Phi) is 7.95. The van der Waals surface area contributed by atoms with Gasteiger partial charge in [0.2, 0.25) is 0 Å². The lowest BCUT2D eigenvalue weighted by Crippen LogP contribution is -2.52. The molecule has 5 heteroatoms. The van der Waals surface area contributed by atoms with E-state index in [1.807, 2.05) is 49.4 Å². The van der Waals surface area contributed by atoms with E-state index in [0.717, 1.165) is 42.6 Å². The van der Waals surface area contributed by atoms with Crippen LogP contribution in [-0.2, 0) is 11.2 Å². The molecule has 2 fully saturated rings. The molecular formula is C27H36N2O3. The predicted octanol–water partition coefficient (Wildman–Crippen LogP) is 3.68. The molecule has 1 aliphatic heterocycles. The van der Waals surface area contributed by atoms with Gasteiger partial charge in [0.05, 0.1) is 18.8 Å². The van der Waals surface area contributed by atoms with Gasteiger partial charge in [-0.3, -0.25) is 9.69 Å². The summed E-state index contributed by atoms with van der Waals surface area (Å²) in [5, 5.41) is 10.6. The Hall–Kier alpha value is -2.21. The van der Waals surface area contributed by atoms with E-state index in [0.29, 0.717) is 32.2 Å². The number of morpholine rings is 1. The van der Waals surface area contributed by atoms with Crippen LogP contribution in [0.3, 0.4) is 0 Å². The summed E-state index contributed by atoms with van der Waals surface area (Å²) < 4.78 is 6.09. The molecule has 32 heavy (non-hydrogen) atoms. The van der Waals surface area contributed by atoms with Crippen LogP contribution in [0.5, 0.6) is 0 Å². The lowest BCUT2D eigenvalue weighted by molar-refractivity contribution is -0.0536. The Morgan fingerprint density at radius 3 is 2.56 bits per heavy atom. The van der Waals surface area contributed by atoms with Crippen LogP contribution in [0.15, 0.2) is 54.6 Å². The highest BCUT2D eigenvalue weighted by molar-refractivity contribution is 5.94. The van der Waals surface area contributed by atoms with Crippen LogP contribution in [-0.4, -0.2) is 71.8 Å². The maximum Gasteiger partial charge on any atom is 0.254 e. The number of rotatable bonds is 8. The van der Waals surface area contributed by atoms with Gasteiger partial charge in [-0.1, -0.05) is 60.9 Å². The topological polar surface area (TPSA) is 53.0 Å². The number of amides is 1. The molecule has 1 saturated carbocycles. The Bertz CT molecular complexity index is 849. The zero-order valence-electron chi connectivity index (χ0n) is 19.2. The van der Waals surface area contributed by atoms with Crippen LogP contribution in [0.2, 0.25) is 0 Å². The summed E-state index contributed by atoms with van der Waals surface area (Å²) >= 11 is 0. The molecule has 2 aliphatic rings. The molecular weight excluding hydrogens is 400 g/mol. The molecule has 1 amide bonds. The first-order valence-corrected chi connectivity index (χ1v) is 12.0. The van der Waals surface area contributed by atoms with Crippen molar-refractivity contribution in [1.82, 2.24) is 9.80 Å². The van der Waals surface area contributed by atoms with E-state index in [4.69, 9.17) is 4.74 Å². The second-order valence-electron chi connectivity index (χ2n) is 9.36. The number of carbonyl (C=O) groups excluding carboxylic acids is 1. The minimum atomic E-state index is -0.406. The number of nitrogens with zero attached hydrogens (tertiary/aromatic N) is 2. The normalized spacial score (nSPS) is 20.9. The first kappa shape index (κ1) is 23.0. The molecule has 0 radical (unpaired) electrons. The second kappa shape index (κ2) is 11.1. The number of aryl methyl sites for hydroxylation is 1. The summed E-state index contributed by atoms with van der Waals surface area (Å²) in [4.78, 5) is 17.7. The number of carbonyl (C=O) groups is 1. The van der Waals surface area contributed by atoms with E-state index in [1.165, 1.54) is 12.8 Å². The molecule has 172 valence electrons. The summed E-state index contributed by atoms with van der Waals surface area (Å²) in [7, 11) is 0. The molecule has 0 spiro atoms. The Labute approximate surface area is 192 Å². The van der Waals surface area contributed by atoms with Crippen molar-refractivity contribution in [3.8, 4) is 0 Å². The van der Waals surface area contributed by atoms with Gasteiger partial charge in [-0.2, -0.15) is 0 Å². The molecule has 5 nitrogen and oxygen atoms in total. The van der Waals surface area contributed by atoms with Crippen LogP contribution < -0.4 is 0 Å². The van der Waals surface area contributed by atoms with Gasteiger partial charge in [0.25, 0.3) is 5.91 Å². The van der Waals surface area contributed by atoms with Gasteiger partial charge in [-0.15, -0.1) is 0 Å². The smallest absolute Gasteiger partial charge is 0.254 e. The fourth-order valence-corrected chi connectivity index (χ4v) is 5.00. The molecule has 1 saturated heterocycles. The van der Waals surface area contributed by atoms with Crippen molar-refractivity contribution in [2.24, 2.45) is 0 Å². The van der Waals surface area contributed by atoms with E-state index in [2.05, 4.69) is 21.9 Å². The van der Waals surface area contributed by atoms with Gasteiger partial charge in [0.1, 0.15) is 0 Å². The fourth-order valence-electron chi connectivity index (χ4n) is 5.00. The summed E-state index contributed by atoms with van der Waals surface area (Å²) in [5.41, 5.74) is 3.07. The maximum absolute atomic E-state index is 13.4. The van der Waals surface area contributed by atoms with Crippen molar-refractivity contribution < 1.29 is 14.6 Å². The number of ether oxygens (including phenoxy) is 1. The highest BCUT2D eigenvalue weighted by atomic mass is 16.5. The molecule has 1 aliphatic carbocycles. The molecule has 2 atom stereocenters. The molecule has 0 bridgehead atoms. The average molecular weight is 437 g/mol. The number of aliphatic hydroxyl groups excluding tert-OH is 1. The Morgan fingerprint density at radius 1 is 1.12 bits per heavy atom. The van der Waals surface area contributed by atoms with Crippen LogP contribution >= 0.6 is 0 Å². The Morgan fingerprint density at radius 2 is 1.84 bits per heavy atom. The number of hydrogen-bond donors (Lipinski definition) is 1. The van der Waals surface area contributed by atoms with Crippen LogP contribution in [0.25, 0.3) is 0 Å². The molecule has 1 heterocycles. The lowest BCUT2D eigenvalue weighted by atomic mass is 10.1. The molecule has 0 aromatic heterocycles. The standard InChI is InChI=1S/C27H36N2O3/c1-21-11-13-23(14-12-21)27(31)29(24-9-5-6-10-24)20-26-19-28(15-16-32-26)18-25(30)17-22-7-3-2-4-8-22/h2-4,7-8,11-14,24-26,30H,5-6,9-10,15-20H2,1H3. The van der Waals surface area contributed by atoms with Crippen molar-refractivity contribution in [3.05, 3.63) is 71.3 Å². The van der Waals surface area contributed by atoms with Gasteiger partial charge in [0, 0.05) is 37.8 Å². The van der Waals surface area contributed by atoms with Crippen LogP contribution in [0.1, 0.15) is 47.2 Å². The van der Waals surface area contributed by atoms with Crippen LogP contribution in [0, 0.1) is 6.92 Å². The van der Waals surface area contributed by atoms with Gasteiger partial charge < -0.3 is 14.7 Å². The first-order chi connectivity index (χ1) is 15.6. The van der Waals surface area contributed by atoms with Gasteiger partial charge in [-0.05, 0) is 43.9 Å². The predicted molar refractivity (Wildman–Crippen MR) is 127 cm³/mol. The summed E-state index contributed by atoms with van der Waals surface area (Å²) in [6.07, 6.45) is 4.74. The van der Waals surface area contributed by atoms with E-state index in [-0.39, 0.29) is 12.0 Å². The van der Waals surface area contributed by atoms with Crippen molar-refractivity contribution in [1.29, 1.82) is 0 Å². The number of β-amino-alcohol motifs (C(OH)–C–C–N with tert-alkyl or cyclic N) is 1. The maximum atomic E-state index is 13.4. The largest absolute Gasteiger partial charge is 0.391 e. The van der Waals surface area contributed by atoms with Crippen molar-refractivity contribution in [2.45, 2.75) is 57.3 Å². The zero-order valence-corrected chi connectivity index (χ0v) is 19.2. The van der Waals surface area contributed by atoms with E-state index in [9.17, 15) is 9.90 Å². The van der Waals surface area contributed by atoms with E-state index in [1.54, 1.807) is 0 Å². The third-order valence-corrected chi connectivity index (χ3v) is 6.73. The highest BCUT2D eigenvalue weighted by Gasteiger charge is 2.32. The lowest BCUT2D eigenvalue weighted by Gasteiger charge is -2.38. The molecule has 2 aromatic rings. The third-order valence-electron chi connectivity index (χ3n) is 6.73. The second-order valence-corrected chi connectivity index (χ2v) is 9.36. The monoisotopic (exact) mass is 436 g/mol. The van der Waals surface area contributed by atoms with Gasteiger partial charge in [0.15, 0.2) is 0 Å². The van der Waals surface area contributed by atoms with Gasteiger partial charge in [-0.25, -0.2) is 0 Å². The summed E-state index contributed by atoms with van der Waals surface area (Å²) in [5.74, 6) is 0.113.